The minimum atomic E-state index is -0.373. The molecule has 44 heavy (non-hydrogen) atoms. The standard InChI is InChI=1S/C39H62N2O3/c1-8-40(5,9-2)22-23-44-35-15-12-28(25-36(35)43-7)24-29-26-34-32-14-13-30-27-31(41(6)20-10-11-21-41)16-18-38(30,3)33(32)17-19-39(34,4)37(29)42/h12-13,15,24-25,31-34,37,42H,8-11,14,16-23,26-27H2,1-7H3/q+2/b29-24+/t31-,32+,33-,34-,37-,38-,39-/m0/s1. The zero-order valence-corrected chi connectivity index (χ0v) is 29.0. The predicted octanol–water partition coefficient (Wildman–Crippen LogP) is 7.49. The molecule has 0 bridgehead atoms. The lowest BCUT2D eigenvalue weighted by atomic mass is 9.47. The van der Waals surface area contributed by atoms with Crippen molar-refractivity contribution in [2.24, 2.45) is 28.6 Å². The molecule has 4 aliphatic carbocycles. The second-order valence-corrected chi connectivity index (χ2v) is 16.4. The Kier molecular flexibility index (Phi) is 8.82. The lowest BCUT2D eigenvalue weighted by molar-refractivity contribution is -0.923. The lowest BCUT2D eigenvalue weighted by Crippen LogP contribution is -2.56. The fourth-order valence-electron chi connectivity index (χ4n) is 10.6. The highest BCUT2D eigenvalue weighted by atomic mass is 16.5. The molecule has 1 aliphatic heterocycles. The number of aliphatic hydroxyl groups is 1. The molecule has 0 unspecified atom stereocenters. The largest absolute Gasteiger partial charge is 0.493 e. The van der Waals surface area contributed by atoms with Gasteiger partial charge in [0, 0.05) is 31.1 Å². The van der Waals surface area contributed by atoms with Crippen LogP contribution in [0.2, 0.25) is 0 Å². The summed E-state index contributed by atoms with van der Waals surface area (Å²) in [4.78, 5) is 0. The number of benzene rings is 1. The third-order valence-corrected chi connectivity index (χ3v) is 14.4. The summed E-state index contributed by atoms with van der Waals surface area (Å²) in [5.41, 5.74) is 4.42. The first-order valence-corrected chi connectivity index (χ1v) is 18.1. The maximum absolute atomic E-state index is 11.9. The minimum Gasteiger partial charge on any atom is -0.493 e. The molecule has 5 aliphatic rings. The van der Waals surface area contributed by atoms with E-state index in [0.717, 1.165) is 66.0 Å². The Hall–Kier alpha value is -1.82. The van der Waals surface area contributed by atoms with Gasteiger partial charge < -0.3 is 23.5 Å². The summed E-state index contributed by atoms with van der Waals surface area (Å²) in [6.45, 7) is 16.1. The van der Waals surface area contributed by atoms with Crippen LogP contribution in [0, 0.1) is 28.6 Å². The van der Waals surface area contributed by atoms with Gasteiger partial charge >= 0.3 is 0 Å². The van der Waals surface area contributed by atoms with Crippen LogP contribution in [0.5, 0.6) is 11.5 Å². The number of rotatable bonds is 9. The predicted molar refractivity (Wildman–Crippen MR) is 181 cm³/mol. The van der Waals surface area contributed by atoms with E-state index in [4.69, 9.17) is 9.47 Å². The summed E-state index contributed by atoms with van der Waals surface area (Å²) >= 11 is 0. The van der Waals surface area contributed by atoms with Crippen molar-refractivity contribution in [1.29, 1.82) is 0 Å². The van der Waals surface area contributed by atoms with Gasteiger partial charge in [-0.25, -0.2) is 0 Å². The zero-order valence-electron chi connectivity index (χ0n) is 29.0. The van der Waals surface area contributed by atoms with Crippen LogP contribution in [0.3, 0.4) is 0 Å². The Bertz CT molecular complexity index is 1260. The van der Waals surface area contributed by atoms with Crippen LogP contribution in [0.1, 0.15) is 91.0 Å². The first kappa shape index (κ1) is 32.1. The molecule has 1 saturated heterocycles. The number of likely N-dealkylation sites (N-methyl/N-ethyl adjacent to an activating group) is 1. The number of hydrogen-bond donors (Lipinski definition) is 1. The molecule has 5 heteroatoms. The summed E-state index contributed by atoms with van der Waals surface area (Å²) in [7, 11) is 6.55. The fraction of sp³-hybridized carbons (Fsp3) is 0.744. The van der Waals surface area contributed by atoms with Gasteiger partial charge in [0.25, 0.3) is 0 Å². The SMILES string of the molecule is CC[N+](C)(CC)CCOc1ccc(/C=C2\C[C@H]3[C@@H]4CC=C5C[C@@H]([N+]6(C)CCCC6)CC[C@]5(C)[C@H]4CC[C@]3(C)[C@H]2O)cc1OC. The molecule has 0 amide bonds. The first-order valence-electron chi connectivity index (χ1n) is 18.1. The smallest absolute Gasteiger partial charge is 0.161 e. The van der Waals surface area contributed by atoms with Gasteiger partial charge in [-0.1, -0.05) is 37.6 Å². The normalized spacial score (nSPS) is 37.2. The monoisotopic (exact) mass is 606 g/mol. The molecule has 7 atom stereocenters. The lowest BCUT2D eigenvalue weighted by Gasteiger charge is -2.58. The number of fused-ring (bicyclic) bond motifs is 5. The van der Waals surface area contributed by atoms with Crippen molar-refractivity contribution in [2.45, 2.75) is 97.6 Å². The molecule has 1 aromatic carbocycles. The Morgan fingerprint density at radius 3 is 2.48 bits per heavy atom. The van der Waals surface area contributed by atoms with Crippen molar-refractivity contribution in [3.8, 4) is 11.5 Å². The van der Waals surface area contributed by atoms with E-state index in [-0.39, 0.29) is 11.5 Å². The maximum atomic E-state index is 11.9. The van der Waals surface area contributed by atoms with E-state index in [2.05, 4.69) is 72.1 Å². The molecule has 0 aromatic heterocycles. The molecule has 0 spiro atoms. The third-order valence-electron chi connectivity index (χ3n) is 14.4. The molecule has 1 aromatic rings. The Labute approximate surface area is 268 Å². The highest BCUT2D eigenvalue weighted by molar-refractivity contribution is 5.60. The zero-order chi connectivity index (χ0) is 31.3. The van der Waals surface area contributed by atoms with Gasteiger partial charge in [0.15, 0.2) is 11.5 Å². The summed E-state index contributed by atoms with van der Waals surface area (Å²) in [5.74, 6) is 3.56. The van der Waals surface area contributed by atoms with Crippen LogP contribution in [-0.4, -0.2) is 86.8 Å². The number of methoxy groups -OCH3 is 1. The molecule has 0 radical (unpaired) electrons. The van der Waals surface area contributed by atoms with Crippen molar-refractivity contribution in [2.75, 3.05) is 60.5 Å². The maximum Gasteiger partial charge on any atom is 0.161 e. The molecular formula is C39H62N2O3+2. The topological polar surface area (TPSA) is 38.7 Å². The van der Waals surface area contributed by atoms with Crippen LogP contribution in [-0.2, 0) is 0 Å². The summed E-state index contributed by atoms with van der Waals surface area (Å²) < 4.78 is 14.3. The number of ether oxygens (including phenoxy) is 2. The molecule has 5 nitrogen and oxygen atoms in total. The van der Waals surface area contributed by atoms with Crippen molar-refractivity contribution < 1.29 is 23.5 Å². The first-order chi connectivity index (χ1) is 21.0. The van der Waals surface area contributed by atoms with Gasteiger partial charge in [-0.2, -0.15) is 0 Å². The quantitative estimate of drug-likeness (QED) is 0.234. The molecular weight excluding hydrogens is 544 g/mol. The van der Waals surface area contributed by atoms with Crippen LogP contribution >= 0.6 is 0 Å². The van der Waals surface area contributed by atoms with E-state index in [1.165, 1.54) is 68.1 Å². The average molecular weight is 607 g/mol. The minimum absolute atomic E-state index is 0.0310. The van der Waals surface area contributed by atoms with E-state index >= 15 is 0 Å². The number of hydrogen-bond acceptors (Lipinski definition) is 3. The highest BCUT2D eigenvalue weighted by Gasteiger charge is 2.60. The van der Waals surface area contributed by atoms with E-state index in [0.29, 0.717) is 23.9 Å². The van der Waals surface area contributed by atoms with Crippen LogP contribution in [0.25, 0.3) is 6.08 Å². The second-order valence-electron chi connectivity index (χ2n) is 16.4. The average Bonchev–Trinajstić information content (AvgIpc) is 3.58. The van der Waals surface area contributed by atoms with Crippen LogP contribution in [0.4, 0.5) is 0 Å². The molecule has 6 rings (SSSR count). The Balaban J connectivity index is 1.18. The molecule has 4 fully saturated rings. The van der Waals surface area contributed by atoms with Crippen molar-refractivity contribution in [3.63, 3.8) is 0 Å². The fourth-order valence-corrected chi connectivity index (χ4v) is 10.6. The van der Waals surface area contributed by atoms with E-state index < -0.39 is 0 Å². The molecule has 1 N–H and O–H groups in total. The van der Waals surface area contributed by atoms with Crippen molar-refractivity contribution >= 4 is 6.08 Å². The van der Waals surface area contributed by atoms with Crippen molar-refractivity contribution in [1.82, 2.24) is 0 Å². The third kappa shape index (κ3) is 5.47. The van der Waals surface area contributed by atoms with E-state index in [9.17, 15) is 5.11 Å². The Morgan fingerprint density at radius 2 is 1.77 bits per heavy atom. The van der Waals surface area contributed by atoms with E-state index in [1.54, 1.807) is 12.7 Å². The van der Waals surface area contributed by atoms with Gasteiger partial charge in [-0.3, -0.25) is 0 Å². The van der Waals surface area contributed by atoms with Crippen LogP contribution in [0.15, 0.2) is 35.4 Å². The van der Waals surface area contributed by atoms with Crippen LogP contribution < -0.4 is 9.47 Å². The van der Waals surface area contributed by atoms with Gasteiger partial charge in [0.05, 0.1) is 59.5 Å². The summed E-state index contributed by atoms with van der Waals surface area (Å²) in [5, 5.41) is 11.9. The number of quaternary nitrogens is 2. The number of aliphatic hydroxyl groups excluding tert-OH is 1. The summed E-state index contributed by atoms with van der Waals surface area (Å²) in [6, 6.07) is 7.10. The second kappa shape index (κ2) is 12.1. The molecule has 244 valence electrons. The number of likely N-dealkylation sites (tertiary alicyclic amines) is 1. The van der Waals surface area contributed by atoms with Gasteiger partial charge in [0.1, 0.15) is 13.2 Å². The van der Waals surface area contributed by atoms with Gasteiger partial charge in [0.2, 0.25) is 0 Å². The number of nitrogens with zero attached hydrogens (tertiary/aromatic N) is 2. The number of allylic oxidation sites excluding steroid dienone is 1. The van der Waals surface area contributed by atoms with Gasteiger partial charge in [-0.15, -0.1) is 0 Å². The highest BCUT2D eigenvalue weighted by Crippen LogP contribution is 2.66. The van der Waals surface area contributed by atoms with Gasteiger partial charge in [-0.05, 0) is 92.4 Å². The molecule has 3 saturated carbocycles. The van der Waals surface area contributed by atoms with Crippen molar-refractivity contribution in [3.05, 3.63) is 41.0 Å². The summed E-state index contributed by atoms with van der Waals surface area (Å²) in [6.07, 6.45) is 16.1. The molecule has 1 heterocycles. The Morgan fingerprint density at radius 1 is 1.02 bits per heavy atom. The van der Waals surface area contributed by atoms with E-state index in [1.807, 2.05) is 0 Å².